The summed E-state index contributed by atoms with van der Waals surface area (Å²) in [5, 5.41) is 3.17. The number of hydrogen-bond donors (Lipinski definition) is 1. The molecule has 0 bridgehead atoms. The predicted octanol–water partition coefficient (Wildman–Crippen LogP) is 2.61. The molecule has 7 nitrogen and oxygen atoms in total. The van der Waals surface area contributed by atoms with Gasteiger partial charge in [0.1, 0.15) is 11.7 Å². The number of carbonyl (C=O) groups is 1. The molecule has 0 spiro atoms. The van der Waals surface area contributed by atoms with Gasteiger partial charge in [-0.25, -0.2) is 14.3 Å². The van der Waals surface area contributed by atoms with Crippen molar-refractivity contribution < 1.29 is 4.79 Å². The molecule has 0 aliphatic carbocycles. The second-order valence-corrected chi connectivity index (χ2v) is 7.08. The van der Waals surface area contributed by atoms with Gasteiger partial charge in [-0.2, -0.15) is 0 Å². The number of aromatic nitrogens is 3. The van der Waals surface area contributed by atoms with Crippen LogP contribution in [0.1, 0.15) is 36.2 Å². The molecule has 1 amide bonds. The number of rotatable bonds is 4. The van der Waals surface area contributed by atoms with Gasteiger partial charge in [0.05, 0.1) is 5.39 Å². The molecule has 0 unspecified atom stereocenters. The van der Waals surface area contributed by atoms with Gasteiger partial charge in [0, 0.05) is 18.4 Å². The molecule has 2 heterocycles. The summed E-state index contributed by atoms with van der Waals surface area (Å²) in [5.74, 6) is -0.399. The van der Waals surface area contributed by atoms with Crippen molar-refractivity contribution in [2.24, 2.45) is 7.05 Å². The smallest absolute Gasteiger partial charge is 0.324 e. The number of nitrogens with zero attached hydrogens (tertiary/aromatic N) is 3. The van der Waals surface area contributed by atoms with E-state index in [1.54, 1.807) is 33.0 Å². The van der Waals surface area contributed by atoms with Crippen molar-refractivity contribution in [3.63, 3.8) is 0 Å². The van der Waals surface area contributed by atoms with E-state index in [1.165, 1.54) is 4.57 Å². The molecule has 0 aliphatic heterocycles. The van der Waals surface area contributed by atoms with Crippen LogP contribution in [0.25, 0.3) is 11.0 Å². The Morgan fingerprint density at radius 3 is 2.54 bits per heavy atom. The van der Waals surface area contributed by atoms with Gasteiger partial charge in [-0.1, -0.05) is 19.1 Å². The Labute approximate surface area is 162 Å². The van der Waals surface area contributed by atoms with Crippen LogP contribution in [-0.2, 0) is 11.8 Å². The first-order valence-electron chi connectivity index (χ1n) is 9.21. The Hall–Kier alpha value is -3.22. The minimum absolute atomic E-state index is 0.302. The van der Waals surface area contributed by atoms with E-state index in [0.29, 0.717) is 23.1 Å². The van der Waals surface area contributed by atoms with Gasteiger partial charge >= 0.3 is 5.69 Å². The number of hydrogen-bond acceptors (Lipinski definition) is 4. The first kappa shape index (κ1) is 19.5. The highest BCUT2D eigenvalue weighted by Crippen LogP contribution is 2.17. The number of carbonyl (C=O) groups excluding carboxylic acids is 1. The molecule has 1 N–H and O–H groups in total. The zero-order chi connectivity index (χ0) is 20.6. The lowest BCUT2D eigenvalue weighted by molar-refractivity contribution is -0.119. The van der Waals surface area contributed by atoms with Gasteiger partial charge in [-0.3, -0.25) is 14.2 Å². The maximum atomic E-state index is 13.2. The second-order valence-electron chi connectivity index (χ2n) is 7.08. The van der Waals surface area contributed by atoms with Gasteiger partial charge in [0.2, 0.25) is 5.91 Å². The standard InChI is InChI=1S/C21H24N4O3/c1-6-16(19(26)23-15-9-7-8-12(2)10-15)25-20(27)17-13(3)11-14(4)22-18(17)24(5)21(25)28/h7-11,16H,6H2,1-5H3,(H,23,26)/t16-/m0/s1. The highest BCUT2D eigenvalue weighted by atomic mass is 16.2. The zero-order valence-electron chi connectivity index (χ0n) is 16.7. The fourth-order valence-corrected chi connectivity index (χ4v) is 3.49. The van der Waals surface area contributed by atoms with Gasteiger partial charge < -0.3 is 5.32 Å². The molecule has 1 aromatic carbocycles. The zero-order valence-corrected chi connectivity index (χ0v) is 16.7. The van der Waals surface area contributed by atoms with Crippen molar-refractivity contribution in [2.45, 2.75) is 40.2 Å². The number of amides is 1. The predicted molar refractivity (Wildman–Crippen MR) is 110 cm³/mol. The van der Waals surface area contributed by atoms with Gasteiger partial charge in [0.25, 0.3) is 5.56 Å². The molecule has 28 heavy (non-hydrogen) atoms. The van der Waals surface area contributed by atoms with Crippen LogP contribution >= 0.6 is 0 Å². The average Bonchev–Trinajstić information content (AvgIpc) is 2.62. The van der Waals surface area contributed by atoms with Crippen molar-refractivity contribution in [1.29, 1.82) is 0 Å². The summed E-state index contributed by atoms with van der Waals surface area (Å²) in [7, 11) is 1.57. The maximum Gasteiger partial charge on any atom is 0.333 e. The summed E-state index contributed by atoms with van der Waals surface area (Å²) in [4.78, 5) is 43.4. The van der Waals surface area contributed by atoms with Crippen LogP contribution in [0.2, 0.25) is 0 Å². The third-order valence-electron chi connectivity index (χ3n) is 4.86. The summed E-state index contributed by atoms with van der Waals surface area (Å²) < 4.78 is 2.37. The van der Waals surface area contributed by atoms with Crippen LogP contribution in [0.15, 0.2) is 39.9 Å². The SMILES string of the molecule is CC[C@@H](C(=O)Nc1cccc(C)c1)n1c(=O)c2c(C)cc(C)nc2n(C)c1=O. The van der Waals surface area contributed by atoms with Gasteiger partial charge in [0.15, 0.2) is 0 Å². The van der Waals surface area contributed by atoms with E-state index < -0.39 is 23.2 Å². The van der Waals surface area contributed by atoms with Crippen molar-refractivity contribution in [3.05, 3.63) is 68.0 Å². The number of nitrogens with one attached hydrogen (secondary N) is 1. The van der Waals surface area contributed by atoms with E-state index in [2.05, 4.69) is 10.3 Å². The van der Waals surface area contributed by atoms with Crippen LogP contribution in [-0.4, -0.2) is 20.0 Å². The lowest BCUT2D eigenvalue weighted by Gasteiger charge is -2.19. The van der Waals surface area contributed by atoms with E-state index >= 15 is 0 Å². The molecular weight excluding hydrogens is 356 g/mol. The van der Waals surface area contributed by atoms with Crippen molar-refractivity contribution in [3.8, 4) is 0 Å². The summed E-state index contributed by atoms with van der Waals surface area (Å²) in [6.07, 6.45) is 0.302. The maximum absolute atomic E-state index is 13.2. The average molecular weight is 380 g/mol. The third-order valence-corrected chi connectivity index (χ3v) is 4.86. The van der Waals surface area contributed by atoms with Crippen molar-refractivity contribution in [1.82, 2.24) is 14.1 Å². The molecule has 3 aromatic rings. The highest BCUT2D eigenvalue weighted by molar-refractivity contribution is 5.94. The van der Waals surface area contributed by atoms with Gasteiger partial charge in [-0.15, -0.1) is 0 Å². The fourth-order valence-electron chi connectivity index (χ4n) is 3.49. The number of pyridine rings is 1. The first-order chi connectivity index (χ1) is 13.2. The van der Waals surface area contributed by atoms with Crippen LogP contribution in [0.5, 0.6) is 0 Å². The third kappa shape index (κ3) is 3.35. The van der Waals surface area contributed by atoms with E-state index in [-0.39, 0.29) is 0 Å². The molecule has 3 rings (SSSR count). The molecule has 7 heteroatoms. The lowest BCUT2D eigenvalue weighted by Crippen LogP contribution is -2.45. The number of anilines is 1. The van der Waals surface area contributed by atoms with Crippen molar-refractivity contribution in [2.75, 3.05) is 5.32 Å². The van der Waals surface area contributed by atoms with E-state index in [4.69, 9.17) is 0 Å². The molecule has 1 atom stereocenters. The molecule has 0 radical (unpaired) electrons. The number of benzene rings is 1. The van der Waals surface area contributed by atoms with Gasteiger partial charge in [-0.05, 0) is 56.5 Å². The molecule has 0 saturated heterocycles. The van der Waals surface area contributed by atoms with E-state index in [9.17, 15) is 14.4 Å². The first-order valence-corrected chi connectivity index (χ1v) is 9.21. The van der Waals surface area contributed by atoms with Crippen LogP contribution in [0, 0.1) is 20.8 Å². The molecule has 2 aromatic heterocycles. The molecule has 0 saturated carbocycles. The minimum atomic E-state index is -0.920. The second kappa shape index (κ2) is 7.42. The van der Waals surface area contributed by atoms with Crippen LogP contribution in [0.4, 0.5) is 5.69 Å². The number of fused-ring (bicyclic) bond motifs is 1. The Morgan fingerprint density at radius 2 is 1.89 bits per heavy atom. The Kier molecular flexibility index (Phi) is 5.18. The lowest BCUT2D eigenvalue weighted by atomic mass is 10.1. The fraction of sp³-hybridized carbons (Fsp3) is 0.333. The molecular formula is C21H24N4O3. The minimum Gasteiger partial charge on any atom is -0.324 e. The molecule has 146 valence electrons. The monoisotopic (exact) mass is 380 g/mol. The summed E-state index contributed by atoms with van der Waals surface area (Å²) in [5.41, 5.74) is 2.37. The molecule has 0 aliphatic rings. The Balaban J connectivity index is 2.16. The number of aryl methyl sites for hydroxylation is 4. The Morgan fingerprint density at radius 1 is 1.18 bits per heavy atom. The quantitative estimate of drug-likeness (QED) is 0.754. The van der Waals surface area contributed by atoms with Crippen LogP contribution in [0.3, 0.4) is 0 Å². The van der Waals surface area contributed by atoms with Crippen LogP contribution < -0.4 is 16.6 Å². The van der Waals surface area contributed by atoms with E-state index in [0.717, 1.165) is 21.4 Å². The normalized spacial score (nSPS) is 12.2. The van der Waals surface area contributed by atoms with Crippen molar-refractivity contribution >= 4 is 22.6 Å². The summed E-state index contributed by atoms with van der Waals surface area (Å²) in [6, 6.07) is 8.25. The summed E-state index contributed by atoms with van der Waals surface area (Å²) >= 11 is 0. The summed E-state index contributed by atoms with van der Waals surface area (Å²) in [6.45, 7) is 7.32. The topological polar surface area (TPSA) is 86.0 Å². The molecule has 0 fully saturated rings. The highest BCUT2D eigenvalue weighted by Gasteiger charge is 2.25. The largest absolute Gasteiger partial charge is 0.333 e. The Bertz CT molecular complexity index is 1190. The van der Waals surface area contributed by atoms with E-state index in [1.807, 2.05) is 32.0 Å².